The van der Waals surface area contributed by atoms with E-state index in [4.69, 9.17) is 0 Å². The first-order valence-corrected chi connectivity index (χ1v) is 10.0. The lowest BCUT2D eigenvalue weighted by Gasteiger charge is -2.27. The number of carbonyl (C=O) groups is 3. The topological polar surface area (TPSA) is 60.9 Å². The van der Waals surface area contributed by atoms with Crippen molar-refractivity contribution in [2.24, 2.45) is 0 Å². The first-order chi connectivity index (χ1) is 14.0. The minimum atomic E-state index is -0.624. The number of hydrogen-bond donors (Lipinski definition) is 0. The van der Waals surface area contributed by atoms with Crippen LogP contribution in [0.1, 0.15) is 36.9 Å². The fourth-order valence-electron chi connectivity index (χ4n) is 4.22. The van der Waals surface area contributed by atoms with Crippen LogP contribution in [0.3, 0.4) is 0 Å². The first kappa shape index (κ1) is 19.2. The van der Waals surface area contributed by atoms with Crippen molar-refractivity contribution in [3.05, 3.63) is 65.7 Å². The molecule has 0 N–H and O–H groups in total. The molecule has 2 aliphatic heterocycles. The molecule has 2 fully saturated rings. The van der Waals surface area contributed by atoms with E-state index in [1.54, 1.807) is 11.8 Å². The Morgan fingerprint density at radius 3 is 2.41 bits per heavy atom. The SMILES string of the molecule is Cc1ccc(N2C(=O)N(CC(=O)N3CCC[C@H]3c3ccccc3)C(=O)[C@H]2C)cc1. The molecule has 2 aromatic rings. The van der Waals surface area contributed by atoms with Gasteiger partial charge in [-0.3, -0.25) is 19.4 Å². The molecule has 2 aromatic carbocycles. The van der Waals surface area contributed by atoms with Crippen LogP contribution in [0.5, 0.6) is 0 Å². The van der Waals surface area contributed by atoms with Crippen LogP contribution in [0, 0.1) is 6.92 Å². The number of nitrogens with zero attached hydrogens (tertiary/aromatic N) is 3. The third-order valence-electron chi connectivity index (χ3n) is 5.81. The third kappa shape index (κ3) is 3.50. The van der Waals surface area contributed by atoms with Crippen molar-refractivity contribution in [1.82, 2.24) is 9.80 Å². The zero-order valence-corrected chi connectivity index (χ0v) is 16.7. The summed E-state index contributed by atoms with van der Waals surface area (Å²) in [7, 11) is 0. The quantitative estimate of drug-likeness (QED) is 0.750. The van der Waals surface area contributed by atoms with Crippen LogP contribution < -0.4 is 4.90 Å². The lowest BCUT2D eigenvalue weighted by molar-refractivity contribution is -0.137. The number of rotatable bonds is 4. The first-order valence-electron chi connectivity index (χ1n) is 10.0. The van der Waals surface area contributed by atoms with Gasteiger partial charge in [-0.1, -0.05) is 48.0 Å². The number of anilines is 1. The van der Waals surface area contributed by atoms with Gasteiger partial charge in [-0.25, -0.2) is 4.79 Å². The minimum absolute atomic E-state index is 0.00197. The van der Waals surface area contributed by atoms with Crippen LogP contribution in [0.4, 0.5) is 10.5 Å². The highest BCUT2D eigenvalue weighted by Crippen LogP contribution is 2.32. The molecule has 0 unspecified atom stereocenters. The van der Waals surface area contributed by atoms with E-state index >= 15 is 0 Å². The Balaban J connectivity index is 1.51. The van der Waals surface area contributed by atoms with Gasteiger partial charge in [0.25, 0.3) is 5.91 Å². The zero-order chi connectivity index (χ0) is 20.5. The van der Waals surface area contributed by atoms with E-state index in [-0.39, 0.29) is 24.4 Å². The number of amides is 4. The molecule has 0 radical (unpaired) electrons. The molecule has 0 aromatic heterocycles. The van der Waals surface area contributed by atoms with Crippen molar-refractivity contribution in [3.63, 3.8) is 0 Å². The second-order valence-electron chi connectivity index (χ2n) is 7.74. The van der Waals surface area contributed by atoms with Crippen LogP contribution in [-0.2, 0) is 9.59 Å². The Labute approximate surface area is 170 Å². The van der Waals surface area contributed by atoms with Gasteiger partial charge in [-0.2, -0.15) is 0 Å². The molecule has 0 bridgehead atoms. The highest BCUT2D eigenvalue weighted by Gasteiger charge is 2.45. The van der Waals surface area contributed by atoms with Gasteiger partial charge in [0, 0.05) is 12.2 Å². The number of benzene rings is 2. The molecule has 29 heavy (non-hydrogen) atoms. The molecular weight excluding hydrogens is 366 g/mol. The molecule has 0 aliphatic carbocycles. The summed E-state index contributed by atoms with van der Waals surface area (Å²) in [5.41, 5.74) is 2.83. The Morgan fingerprint density at radius 2 is 1.72 bits per heavy atom. The molecule has 2 atom stereocenters. The number of hydrogen-bond acceptors (Lipinski definition) is 3. The van der Waals surface area contributed by atoms with Crippen molar-refractivity contribution >= 4 is 23.5 Å². The number of likely N-dealkylation sites (tertiary alicyclic amines) is 1. The van der Waals surface area contributed by atoms with Gasteiger partial charge in [0.1, 0.15) is 12.6 Å². The second-order valence-corrected chi connectivity index (χ2v) is 7.74. The molecule has 150 valence electrons. The summed E-state index contributed by atoms with van der Waals surface area (Å²) >= 11 is 0. The summed E-state index contributed by atoms with van der Waals surface area (Å²) in [6, 6.07) is 16.3. The van der Waals surface area contributed by atoms with Crippen molar-refractivity contribution in [2.45, 2.75) is 38.8 Å². The van der Waals surface area contributed by atoms with Gasteiger partial charge in [0.05, 0.1) is 6.04 Å². The van der Waals surface area contributed by atoms with Gasteiger partial charge in [0.15, 0.2) is 0 Å². The zero-order valence-electron chi connectivity index (χ0n) is 16.7. The van der Waals surface area contributed by atoms with E-state index in [0.717, 1.165) is 28.9 Å². The molecule has 2 saturated heterocycles. The second kappa shape index (κ2) is 7.70. The van der Waals surface area contributed by atoms with Gasteiger partial charge in [0.2, 0.25) is 5.91 Å². The van der Waals surface area contributed by atoms with Crippen molar-refractivity contribution < 1.29 is 14.4 Å². The van der Waals surface area contributed by atoms with E-state index in [9.17, 15) is 14.4 Å². The Bertz CT molecular complexity index is 926. The average molecular weight is 391 g/mol. The van der Waals surface area contributed by atoms with E-state index < -0.39 is 12.1 Å². The normalized spacial score (nSPS) is 21.9. The van der Waals surface area contributed by atoms with Gasteiger partial charge < -0.3 is 4.90 Å². The molecule has 0 spiro atoms. The van der Waals surface area contributed by atoms with E-state index in [1.165, 1.54) is 4.90 Å². The van der Waals surface area contributed by atoms with Gasteiger partial charge in [-0.05, 0) is 44.4 Å². The summed E-state index contributed by atoms with van der Waals surface area (Å²) < 4.78 is 0. The predicted octanol–water partition coefficient (Wildman–Crippen LogP) is 3.52. The van der Waals surface area contributed by atoms with Crippen molar-refractivity contribution in [2.75, 3.05) is 18.0 Å². The summed E-state index contributed by atoms with van der Waals surface area (Å²) in [6.45, 7) is 4.10. The summed E-state index contributed by atoms with van der Waals surface area (Å²) in [5.74, 6) is -0.518. The van der Waals surface area contributed by atoms with Crippen LogP contribution in [0.2, 0.25) is 0 Å². The molecular formula is C23H25N3O3. The highest BCUT2D eigenvalue weighted by atomic mass is 16.2. The maximum absolute atomic E-state index is 13.0. The van der Waals surface area contributed by atoms with E-state index in [1.807, 2.05) is 61.5 Å². The third-order valence-corrected chi connectivity index (χ3v) is 5.81. The molecule has 2 heterocycles. The molecule has 4 rings (SSSR count). The lowest BCUT2D eigenvalue weighted by Crippen LogP contribution is -2.43. The smallest absolute Gasteiger partial charge is 0.332 e. The molecule has 2 aliphatic rings. The van der Waals surface area contributed by atoms with Crippen molar-refractivity contribution in [3.8, 4) is 0 Å². The Morgan fingerprint density at radius 1 is 1.03 bits per heavy atom. The Hall–Kier alpha value is -3.15. The number of imide groups is 1. The van der Waals surface area contributed by atoms with Crippen molar-refractivity contribution in [1.29, 1.82) is 0 Å². The number of aryl methyl sites for hydroxylation is 1. The molecule has 4 amide bonds. The Kier molecular flexibility index (Phi) is 5.09. The predicted molar refractivity (Wildman–Crippen MR) is 110 cm³/mol. The van der Waals surface area contributed by atoms with Crippen LogP contribution >= 0.6 is 0 Å². The molecule has 6 heteroatoms. The largest absolute Gasteiger partial charge is 0.334 e. The average Bonchev–Trinajstić information content (AvgIpc) is 3.30. The molecule has 0 saturated carbocycles. The summed E-state index contributed by atoms with van der Waals surface area (Å²) in [6.07, 6.45) is 1.81. The summed E-state index contributed by atoms with van der Waals surface area (Å²) in [5, 5.41) is 0. The van der Waals surface area contributed by atoms with Crippen LogP contribution in [-0.4, -0.2) is 46.8 Å². The van der Waals surface area contributed by atoms with E-state index in [0.29, 0.717) is 12.2 Å². The summed E-state index contributed by atoms with van der Waals surface area (Å²) in [4.78, 5) is 43.1. The maximum Gasteiger partial charge on any atom is 0.332 e. The fraction of sp³-hybridized carbons (Fsp3) is 0.348. The highest BCUT2D eigenvalue weighted by molar-refractivity contribution is 6.15. The van der Waals surface area contributed by atoms with Gasteiger partial charge >= 0.3 is 6.03 Å². The van der Waals surface area contributed by atoms with Crippen LogP contribution in [0.25, 0.3) is 0 Å². The van der Waals surface area contributed by atoms with E-state index in [2.05, 4.69) is 0 Å². The maximum atomic E-state index is 13.0. The lowest BCUT2D eigenvalue weighted by atomic mass is 10.0. The minimum Gasteiger partial charge on any atom is -0.334 e. The number of carbonyl (C=O) groups excluding carboxylic acids is 3. The number of urea groups is 1. The standard InChI is InChI=1S/C23H25N3O3/c1-16-10-12-19(13-11-16)26-17(2)22(28)25(23(26)29)15-21(27)24-14-6-9-20(24)18-7-4-3-5-8-18/h3-5,7-8,10-13,17,20H,6,9,14-15H2,1-2H3/t17-,20+/m1/s1. The monoisotopic (exact) mass is 391 g/mol. The molecule has 6 nitrogen and oxygen atoms in total. The van der Waals surface area contributed by atoms with Crippen LogP contribution in [0.15, 0.2) is 54.6 Å². The fourth-order valence-corrected chi connectivity index (χ4v) is 4.22. The van der Waals surface area contributed by atoms with Gasteiger partial charge in [-0.15, -0.1) is 0 Å².